The van der Waals surface area contributed by atoms with Gasteiger partial charge < -0.3 is 38.1 Å². The molecule has 206 valence electrons. The van der Waals surface area contributed by atoms with Crippen molar-refractivity contribution in [3.63, 3.8) is 0 Å². The largest absolute Gasteiger partial charge is 0.497 e. The number of nitrogens with zero attached hydrogens (tertiary/aromatic N) is 1. The Bertz CT molecular complexity index is 1630. The van der Waals surface area contributed by atoms with Gasteiger partial charge in [-0.3, -0.25) is 4.79 Å². The highest BCUT2D eigenvalue weighted by atomic mass is 16.7. The van der Waals surface area contributed by atoms with E-state index in [0.717, 1.165) is 27.7 Å². The van der Waals surface area contributed by atoms with Gasteiger partial charge in [0.1, 0.15) is 11.6 Å². The maximum Gasteiger partial charge on any atom is 0.314 e. The van der Waals surface area contributed by atoms with Crippen LogP contribution in [0, 0.1) is 5.92 Å². The van der Waals surface area contributed by atoms with Crippen molar-refractivity contribution < 1.29 is 38.0 Å². The summed E-state index contributed by atoms with van der Waals surface area (Å²) in [6, 6.07) is 13.1. The van der Waals surface area contributed by atoms with Crippen molar-refractivity contribution in [1.29, 1.82) is 0 Å². The first kappa shape index (κ1) is 25.4. The number of carbonyl (C=O) groups excluding carboxylic acids is 1. The molecule has 0 fully saturated rings. The quantitative estimate of drug-likeness (QED) is 0.328. The summed E-state index contributed by atoms with van der Waals surface area (Å²) in [5, 5.41) is 0. The van der Waals surface area contributed by atoms with Crippen molar-refractivity contribution in [3.05, 3.63) is 65.0 Å². The Balaban J connectivity index is 1.62. The molecule has 0 bridgehead atoms. The summed E-state index contributed by atoms with van der Waals surface area (Å²) in [5.41, 5.74) is 4.65. The van der Waals surface area contributed by atoms with Crippen LogP contribution >= 0.6 is 0 Å². The van der Waals surface area contributed by atoms with E-state index in [2.05, 4.69) is 4.98 Å². The standard InChI is InChI=1S/C30H28N2O8/c1-34-17-6-7-20-21(12-17)32-29(31-20)19-8-15-9-22-23(40-14-39-22)13-18(15)26(27(19)30(33)38-5)16-10-24(35-2)28(37-4)25(11-16)36-3/h6-13,26-27H,14H2,1-5H3,(H,31,32)/t26-,27+/m1/s1. The number of aromatic amines is 1. The maximum absolute atomic E-state index is 13.7. The average Bonchev–Trinajstić information content (AvgIpc) is 3.63. The van der Waals surface area contributed by atoms with E-state index >= 15 is 0 Å². The molecule has 10 nitrogen and oxygen atoms in total. The van der Waals surface area contributed by atoms with Crippen molar-refractivity contribution in [3.8, 4) is 34.5 Å². The molecule has 4 aromatic rings. The van der Waals surface area contributed by atoms with E-state index in [0.29, 0.717) is 45.9 Å². The first-order chi connectivity index (χ1) is 19.5. The van der Waals surface area contributed by atoms with Crippen LogP contribution in [0.4, 0.5) is 0 Å². The van der Waals surface area contributed by atoms with Crippen LogP contribution in [0.1, 0.15) is 28.4 Å². The van der Waals surface area contributed by atoms with Crippen molar-refractivity contribution in [2.75, 3.05) is 42.3 Å². The van der Waals surface area contributed by atoms with Crippen LogP contribution in [0.15, 0.2) is 42.5 Å². The smallest absolute Gasteiger partial charge is 0.314 e. The van der Waals surface area contributed by atoms with Crippen molar-refractivity contribution in [1.82, 2.24) is 9.97 Å². The third-order valence-electron chi connectivity index (χ3n) is 7.36. The molecule has 6 rings (SSSR count). The first-order valence-corrected chi connectivity index (χ1v) is 12.6. The number of carbonyl (C=O) groups is 1. The minimum absolute atomic E-state index is 0.121. The molecule has 3 aromatic carbocycles. The Morgan fingerprint density at radius 1 is 0.900 bits per heavy atom. The lowest BCUT2D eigenvalue weighted by molar-refractivity contribution is -0.143. The number of esters is 1. The number of hydrogen-bond acceptors (Lipinski definition) is 9. The SMILES string of the molecule is COC(=O)[C@H]1C(c2nc3ccc(OC)cc3[nH]2)=Cc2cc3c(cc2[C@H]1c1cc(OC)c(OC)c(OC)c1)OCO3. The van der Waals surface area contributed by atoms with E-state index in [1.54, 1.807) is 28.4 Å². The number of imidazole rings is 1. The summed E-state index contributed by atoms with van der Waals surface area (Å²) in [6.07, 6.45) is 1.95. The molecule has 0 saturated heterocycles. The fraction of sp³-hybridized carbons (Fsp3) is 0.267. The van der Waals surface area contributed by atoms with Crippen molar-refractivity contribution >= 4 is 28.7 Å². The second-order valence-corrected chi connectivity index (χ2v) is 9.34. The summed E-state index contributed by atoms with van der Waals surface area (Å²) in [6.45, 7) is 0.121. The van der Waals surface area contributed by atoms with Gasteiger partial charge in [-0.15, -0.1) is 0 Å². The maximum atomic E-state index is 13.7. The summed E-state index contributed by atoms with van der Waals surface area (Å²) in [7, 11) is 7.65. The Labute approximate surface area is 230 Å². The van der Waals surface area contributed by atoms with E-state index in [-0.39, 0.29) is 6.79 Å². The second-order valence-electron chi connectivity index (χ2n) is 9.34. The number of hydrogen-bond donors (Lipinski definition) is 1. The fourth-order valence-electron chi connectivity index (χ4n) is 5.50. The Hall–Kier alpha value is -4.86. The van der Waals surface area contributed by atoms with Crippen LogP contribution in [-0.2, 0) is 9.53 Å². The molecule has 0 unspecified atom stereocenters. The highest BCUT2D eigenvalue weighted by molar-refractivity contribution is 5.99. The third-order valence-corrected chi connectivity index (χ3v) is 7.36. The lowest BCUT2D eigenvalue weighted by Gasteiger charge is -2.33. The van der Waals surface area contributed by atoms with Crippen LogP contribution in [0.25, 0.3) is 22.7 Å². The molecule has 0 saturated carbocycles. The van der Waals surface area contributed by atoms with Gasteiger partial charge in [0.25, 0.3) is 0 Å². The Kier molecular flexibility index (Phi) is 6.37. The number of H-pyrrole nitrogens is 1. The minimum Gasteiger partial charge on any atom is -0.497 e. The Morgan fingerprint density at radius 2 is 1.62 bits per heavy atom. The van der Waals surface area contributed by atoms with E-state index in [1.165, 1.54) is 7.11 Å². The molecule has 2 heterocycles. The number of rotatable bonds is 7. The molecule has 0 amide bonds. The summed E-state index contributed by atoms with van der Waals surface area (Å²) < 4.78 is 39.0. The highest BCUT2D eigenvalue weighted by Crippen LogP contribution is 2.52. The van der Waals surface area contributed by atoms with Gasteiger partial charge in [0.2, 0.25) is 12.5 Å². The van der Waals surface area contributed by atoms with Crippen LogP contribution in [-0.4, -0.2) is 58.3 Å². The van der Waals surface area contributed by atoms with E-state index in [9.17, 15) is 4.79 Å². The lowest BCUT2D eigenvalue weighted by Crippen LogP contribution is -2.29. The predicted octanol–water partition coefficient (Wildman–Crippen LogP) is 4.80. The number of benzene rings is 3. The molecule has 10 heteroatoms. The molecule has 1 aliphatic heterocycles. The number of fused-ring (bicyclic) bond motifs is 3. The van der Waals surface area contributed by atoms with Crippen LogP contribution < -0.4 is 28.4 Å². The monoisotopic (exact) mass is 544 g/mol. The van der Waals surface area contributed by atoms with E-state index < -0.39 is 17.8 Å². The molecule has 0 radical (unpaired) electrons. The van der Waals surface area contributed by atoms with Gasteiger partial charge in [0, 0.05) is 17.6 Å². The van der Waals surface area contributed by atoms with Crippen LogP contribution in [0.3, 0.4) is 0 Å². The summed E-state index contributed by atoms with van der Waals surface area (Å²) >= 11 is 0. The van der Waals surface area contributed by atoms with E-state index in [1.807, 2.05) is 48.5 Å². The topological polar surface area (TPSA) is 110 Å². The molecule has 0 spiro atoms. The van der Waals surface area contributed by atoms with Crippen LogP contribution in [0.2, 0.25) is 0 Å². The molecule has 2 aliphatic rings. The first-order valence-electron chi connectivity index (χ1n) is 12.6. The molecule has 1 N–H and O–H groups in total. The minimum atomic E-state index is -0.775. The zero-order chi connectivity index (χ0) is 28.0. The molecule has 40 heavy (non-hydrogen) atoms. The van der Waals surface area contributed by atoms with Gasteiger partial charge in [-0.25, -0.2) is 4.98 Å². The second kappa shape index (κ2) is 10.0. The van der Waals surface area contributed by atoms with Gasteiger partial charge >= 0.3 is 5.97 Å². The Morgan fingerprint density at radius 3 is 2.27 bits per heavy atom. The average molecular weight is 545 g/mol. The summed E-state index contributed by atoms with van der Waals surface area (Å²) in [4.78, 5) is 21.9. The number of nitrogens with one attached hydrogen (secondary N) is 1. The lowest BCUT2D eigenvalue weighted by atomic mass is 9.71. The zero-order valence-corrected chi connectivity index (χ0v) is 22.7. The van der Waals surface area contributed by atoms with Crippen molar-refractivity contribution in [2.24, 2.45) is 5.92 Å². The number of methoxy groups -OCH3 is 5. The fourth-order valence-corrected chi connectivity index (χ4v) is 5.50. The molecule has 1 aliphatic carbocycles. The summed E-state index contributed by atoms with van der Waals surface area (Å²) in [5.74, 6) is 2.13. The molecular weight excluding hydrogens is 516 g/mol. The van der Waals surface area contributed by atoms with Crippen molar-refractivity contribution in [2.45, 2.75) is 5.92 Å². The van der Waals surface area contributed by atoms with Gasteiger partial charge in [-0.2, -0.15) is 0 Å². The van der Waals surface area contributed by atoms with E-state index in [4.69, 9.17) is 38.1 Å². The highest BCUT2D eigenvalue weighted by Gasteiger charge is 2.42. The number of aromatic nitrogens is 2. The zero-order valence-electron chi connectivity index (χ0n) is 22.7. The normalized spacial score (nSPS) is 17.2. The van der Waals surface area contributed by atoms with Gasteiger partial charge in [-0.05, 0) is 59.2 Å². The third kappa shape index (κ3) is 4.03. The van der Waals surface area contributed by atoms with Gasteiger partial charge in [0.15, 0.2) is 23.0 Å². The molecule has 1 aromatic heterocycles. The molecular formula is C30H28N2O8. The number of ether oxygens (including phenoxy) is 7. The van der Waals surface area contributed by atoms with Gasteiger partial charge in [-0.1, -0.05) is 0 Å². The van der Waals surface area contributed by atoms with Gasteiger partial charge in [0.05, 0.1) is 52.5 Å². The molecule has 2 atom stereocenters. The predicted molar refractivity (Wildman–Crippen MR) is 147 cm³/mol. The van der Waals surface area contributed by atoms with Crippen LogP contribution in [0.5, 0.6) is 34.5 Å².